The van der Waals surface area contributed by atoms with Gasteiger partial charge >= 0.3 is 0 Å². The molecule has 2 aliphatic rings. The molecule has 0 saturated carbocycles. The van der Waals surface area contributed by atoms with Crippen LogP contribution in [0.3, 0.4) is 0 Å². The van der Waals surface area contributed by atoms with E-state index in [1.165, 1.54) is 12.8 Å². The van der Waals surface area contributed by atoms with Crippen molar-refractivity contribution in [1.29, 1.82) is 0 Å². The van der Waals surface area contributed by atoms with Gasteiger partial charge in [-0.05, 0) is 57.3 Å². The molecule has 0 bridgehead atoms. The number of hydrogen-bond acceptors (Lipinski definition) is 4. The third kappa shape index (κ3) is 4.12. The Bertz CT molecular complexity index is 891. The molecule has 2 saturated heterocycles. The van der Waals surface area contributed by atoms with Crippen LogP contribution in [0.1, 0.15) is 49.9 Å². The molecule has 6 heteroatoms. The first-order valence-corrected chi connectivity index (χ1v) is 10.6. The number of fused-ring (bicyclic) bond motifs is 1. The number of amides is 1. The molecule has 4 rings (SSSR count). The Balaban J connectivity index is 1.38. The zero-order chi connectivity index (χ0) is 19.5. The second-order valence-electron chi connectivity index (χ2n) is 8.27. The van der Waals surface area contributed by atoms with Gasteiger partial charge in [-0.2, -0.15) is 0 Å². The van der Waals surface area contributed by atoms with Crippen molar-refractivity contribution in [3.8, 4) is 0 Å². The van der Waals surface area contributed by atoms with Crippen molar-refractivity contribution in [2.24, 2.45) is 5.92 Å². The predicted molar refractivity (Wildman–Crippen MR) is 110 cm³/mol. The molecule has 1 N–H and O–H groups in total. The van der Waals surface area contributed by atoms with Crippen molar-refractivity contribution < 1.29 is 4.79 Å². The molecule has 6 nitrogen and oxygen atoms in total. The maximum absolute atomic E-state index is 12.8. The van der Waals surface area contributed by atoms with E-state index in [0.717, 1.165) is 62.9 Å². The minimum atomic E-state index is -0.0741. The number of H-pyrrole nitrogens is 1. The fourth-order valence-electron chi connectivity index (χ4n) is 4.53. The first-order chi connectivity index (χ1) is 13.6. The van der Waals surface area contributed by atoms with Crippen molar-refractivity contribution in [3.63, 3.8) is 0 Å². The second-order valence-corrected chi connectivity index (χ2v) is 8.27. The predicted octanol–water partition coefficient (Wildman–Crippen LogP) is 2.85. The quantitative estimate of drug-likeness (QED) is 0.886. The van der Waals surface area contributed by atoms with Gasteiger partial charge in [-0.15, -0.1) is 0 Å². The number of aryl methyl sites for hydroxylation is 1. The van der Waals surface area contributed by atoms with Crippen LogP contribution in [0.4, 0.5) is 0 Å². The average molecular weight is 383 g/mol. The summed E-state index contributed by atoms with van der Waals surface area (Å²) in [6.07, 6.45) is 6.58. The molecular weight excluding hydrogens is 352 g/mol. The van der Waals surface area contributed by atoms with Gasteiger partial charge in [0.1, 0.15) is 5.82 Å². The van der Waals surface area contributed by atoms with Gasteiger partial charge < -0.3 is 9.88 Å². The summed E-state index contributed by atoms with van der Waals surface area (Å²) in [4.78, 5) is 37.2. The number of aromatic nitrogens is 2. The van der Waals surface area contributed by atoms with Crippen LogP contribution < -0.4 is 5.56 Å². The molecule has 2 fully saturated rings. The summed E-state index contributed by atoms with van der Waals surface area (Å²) < 4.78 is 0. The first-order valence-electron chi connectivity index (χ1n) is 10.6. The number of nitrogens with zero attached hydrogens (tertiary/aromatic N) is 3. The molecule has 150 valence electrons. The van der Waals surface area contributed by atoms with Crippen LogP contribution in [0.5, 0.6) is 0 Å². The molecule has 0 atom stereocenters. The van der Waals surface area contributed by atoms with Crippen LogP contribution in [0.15, 0.2) is 23.0 Å². The van der Waals surface area contributed by atoms with Gasteiger partial charge in [0.05, 0.1) is 17.4 Å². The Hall–Kier alpha value is -2.21. The van der Waals surface area contributed by atoms with Crippen LogP contribution in [0.25, 0.3) is 10.9 Å². The fourth-order valence-corrected chi connectivity index (χ4v) is 4.53. The molecule has 3 heterocycles. The number of carbonyl (C=O) groups is 1. The average Bonchev–Trinajstić information content (AvgIpc) is 2.98. The molecular formula is C22H30N4O2. The standard InChI is InChI=1S/C22H30N4O2/c1-16-7-6-8-18-20(16)23-19(24-21(18)27)15-25-13-9-17(10-14-25)22(28)26-11-4-2-3-5-12-26/h6-8,17H,2-5,9-15H2,1H3,(H,23,24,27). The molecule has 1 aromatic carbocycles. The number of benzene rings is 1. The van der Waals surface area contributed by atoms with Gasteiger partial charge in [0.15, 0.2) is 0 Å². The molecule has 28 heavy (non-hydrogen) atoms. The van der Waals surface area contributed by atoms with Crippen LogP contribution in [-0.4, -0.2) is 51.9 Å². The first kappa shape index (κ1) is 19.1. The van der Waals surface area contributed by atoms with Crippen LogP contribution in [-0.2, 0) is 11.3 Å². The minimum absolute atomic E-state index is 0.0741. The maximum atomic E-state index is 12.8. The Morgan fingerprint density at radius 2 is 1.82 bits per heavy atom. The number of nitrogens with one attached hydrogen (secondary N) is 1. The topological polar surface area (TPSA) is 69.3 Å². The molecule has 0 radical (unpaired) electrons. The molecule has 0 aliphatic carbocycles. The third-order valence-electron chi connectivity index (χ3n) is 6.21. The highest BCUT2D eigenvalue weighted by Crippen LogP contribution is 2.22. The molecule has 1 amide bonds. The molecule has 0 unspecified atom stereocenters. The lowest BCUT2D eigenvalue weighted by molar-refractivity contribution is -0.137. The van der Waals surface area contributed by atoms with E-state index < -0.39 is 0 Å². The summed E-state index contributed by atoms with van der Waals surface area (Å²) in [5.74, 6) is 1.22. The number of hydrogen-bond donors (Lipinski definition) is 1. The molecule has 2 aliphatic heterocycles. The van der Waals surface area contributed by atoms with Crippen LogP contribution in [0, 0.1) is 12.8 Å². The van der Waals surface area contributed by atoms with Gasteiger partial charge in [0.25, 0.3) is 5.56 Å². The zero-order valence-electron chi connectivity index (χ0n) is 16.7. The number of para-hydroxylation sites is 1. The highest BCUT2D eigenvalue weighted by atomic mass is 16.2. The van der Waals surface area contributed by atoms with E-state index in [1.54, 1.807) is 0 Å². The van der Waals surface area contributed by atoms with Crippen molar-refractivity contribution >= 4 is 16.8 Å². The lowest BCUT2D eigenvalue weighted by Gasteiger charge is -2.33. The van der Waals surface area contributed by atoms with Crippen molar-refractivity contribution in [1.82, 2.24) is 19.8 Å². The lowest BCUT2D eigenvalue weighted by Crippen LogP contribution is -2.43. The van der Waals surface area contributed by atoms with Crippen LogP contribution >= 0.6 is 0 Å². The van der Waals surface area contributed by atoms with Crippen molar-refractivity contribution in [3.05, 3.63) is 39.9 Å². The van der Waals surface area contributed by atoms with Gasteiger partial charge in [0, 0.05) is 19.0 Å². The van der Waals surface area contributed by atoms with E-state index in [2.05, 4.69) is 14.8 Å². The summed E-state index contributed by atoms with van der Waals surface area (Å²) >= 11 is 0. The largest absolute Gasteiger partial charge is 0.342 e. The number of piperidine rings is 1. The van der Waals surface area contributed by atoms with Gasteiger partial charge in [-0.25, -0.2) is 4.98 Å². The monoisotopic (exact) mass is 382 g/mol. The normalized spacial score (nSPS) is 19.7. The van der Waals surface area contributed by atoms with Crippen LogP contribution in [0.2, 0.25) is 0 Å². The van der Waals surface area contributed by atoms with E-state index in [4.69, 9.17) is 4.98 Å². The van der Waals surface area contributed by atoms with E-state index in [1.807, 2.05) is 25.1 Å². The summed E-state index contributed by atoms with van der Waals surface area (Å²) in [7, 11) is 0. The van der Waals surface area contributed by atoms with E-state index in [9.17, 15) is 9.59 Å². The second kappa shape index (κ2) is 8.43. The minimum Gasteiger partial charge on any atom is -0.342 e. The van der Waals surface area contributed by atoms with Crippen molar-refractivity contribution in [2.75, 3.05) is 26.2 Å². The van der Waals surface area contributed by atoms with E-state index in [-0.39, 0.29) is 11.5 Å². The number of aromatic amines is 1. The SMILES string of the molecule is Cc1cccc2c(=O)[nH]c(CN3CCC(C(=O)N4CCCCCC4)CC3)nc12. The molecule has 1 aromatic heterocycles. The summed E-state index contributed by atoms with van der Waals surface area (Å²) in [6.45, 7) is 6.23. The Labute approximate surface area is 165 Å². The molecule has 0 spiro atoms. The highest BCUT2D eigenvalue weighted by Gasteiger charge is 2.29. The number of likely N-dealkylation sites (tertiary alicyclic amines) is 2. The summed E-state index contributed by atoms with van der Waals surface area (Å²) in [6, 6.07) is 5.69. The Kier molecular flexibility index (Phi) is 5.76. The maximum Gasteiger partial charge on any atom is 0.258 e. The van der Waals surface area contributed by atoms with E-state index in [0.29, 0.717) is 23.7 Å². The number of carbonyl (C=O) groups excluding carboxylic acids is 1. The van der Waals surface area contributed by atoms with Gasteiger partial charge in [0.2, 0.25) is 5.91 Å². The van der Waals surface area contributed by atoms with Gasteiger partial charge in [-0.3, -0.25) is 14.5 Å². The fraction of sp³-hybridized carbons (Fsp3) is 0.591. The van der Waals surface area contributed by atoms with Crippen molar-refractivity contribution in [2.45, 2.75) is 52.0 Å². The highest BCUT2D eigenvalue weighted by molar-refractivity contribution is 5.80. The smallest absolute Gasteiger partial charge is 0.258 e. The summed E-state index contributed by atoms with van der Waals surface area (Å²) in [5, 5.41) is 0.644. The van der Waals surface area contributed by atoms with Gasteiger partial charge in [-0.1, -0.05) is 25.0 Å². The Morgan fingerprint density at radius 3 is 2.54 bits per heavy atom. The zero-order valence-corrected chi connectivity index (χ0v) is 16.7. The van der Waals surface area contributed by atoms with E-state index >= 15 is 0 Å². The lowest BCUT2D eigenvalue weighted by atomic mass is 9.95. The summed E-state index contributed by atoms with van der Waals surface area (Å²) in [5.41, 5.74) is 1.73. The Morgan fingerprint density at radius 1 is 1.11 bits per heavy atom. The molecule has 2 aromatic rings. The third-order valence-corrected chi connectivity index (χ3v) is 6.21. The number of rotatable bonds is 3.